The second kappa shape index (κ2) is 9.96. The molecule has 1 N–H and O–H groups in total. The van der Waals surface area contributed by atoms with E-state index in [1.165, 1.54) is 12.1 Å². The Morgan fingerprint density at radius 3 is 2.34 bits per heavy atom. The van der Waals surface area contributed by atoms with Crippen LogP contribution < -0.4 is 10.1 Å². The monoisotopic (exact) mass is 433 g/mol. The lowest BCUT2D eigenvalue weighted by molar-refractivity contribution is -0.136. The van der Waals surface area contributed by atoms with Gasteiger partial charge in [0.1, 0.15) is 11.6 Å². The van der Waals surface area contributed by atoms with E-state index in [2.05, 4.69) is 17.4 Å². The Morgan fingerprint density at radius 1 is 0.969 bits per heavy atom. The first-order valence-corrected chi connectivity index (χ1v) is 10.9. The summed E-state index contributed by atoms with van der Waals surface area (Å²) < 4.78 is 24.4. The minimum atomic E-state index is -0.559. The van der Waals surface area contributed by atoms with E-state index in [4.69, 9.17) is 9.47 Å². The lowest BCUT2D eigenvalue weighted by atomic mass is 9.73. The fraction of sp³-hybridized carbons (Fsp3) is 0.296. The van der Waals surface area contributed by atoms with Gasteiger partial charge in [0.2, 0.25) is 5.91 Å². The van der Waals surface area contributed by atoms with Gasteiger partial charge in [0.25, 0.3) is 0 Å². The summed E-state index contributed by atoms with van der Waals surface area (Å²) in [4.78, 5) is 13.5. The molecule has 1 amide bonds. The molecule has 1 aliphatic heterocycles. The zero-order chi connectivity index (χ0) is 22.4. The van der Waals surface area contributed by atoms with Crippen molar-refractivity contribution in [2.24, 2.45) is 5.41 Å². The highest BCUT2D eigenvalue weighted by Crippen LogP contribution is 2.39. The largest absolute Gasteiger partial charge is 0.496 e. The molecule has 3 aromatic carbocycles. The molecule has 1 saturated heterocycles. The van der Waals surface area contributed by atoms with E-state index in [-0.39, 0.29) is 11.7 Å². The Hall–Kier alpha value is -3.18. The summed E-state index contributed by atoms with van der Waals surface area (Å²) in [5, 5.41) is 3.09. The third-order valence-corrected chi connectivity index (χ3v) is 6.24. The van der Waals surface area contributed by atoms with Crippen molar-refractivity contribution in [2.75, 3.05) is 20.3 Å². The normalized spacial score (nSPS) is 15.2. The molecule has 32 heavy (non-hydrogen) atoms. The second-order valence-corrected chi connectivity index (χ2v) is 8.24. The number of hydrogen-bond donors (Lipinski definition) is 1. The average Bonchev–Trinajstić information content (AvgIpc) is 2.84. The van der Waals surface area contributed by atoms with Crippen LogP contribution in [-0.2, 0) is 22.5 Å². The molecule has 1 heterocycles. The SMILES string of the molecule is COc1ccccc1-c1ccccc1CC1(C(=O)NCc2ccc(F)cc2)CCOCC1. The summed E-state index contributed by atoms with van der Waals surface area (Å²) in [6.45, 7) is 1.48. The Kier molecular flexibility index (Phi) is 6.86. The quantitative estimate of drug-likeness (QED) is 0.560. The molecular weight excluding hydrogens is 405 g/mol. The van der Waals surface area contributed by atoms with E-state index >= 15 is 0 Å². The molecule has 0 aliphatic carbocycles. The van der Waals surface area contributed by atoms with E-state index in [0.29, 0.717) is 39.0 Å². The van der Waals surface area contributed by atoms with Crippen LogP contribution in [0.2, 0.25) is 0 Å². The number of carbonyl (C=O) groups excluding carboxylic acids is 1. The first kappa shape index (κ1) is 22.0. The van der Waals surface area contributed by atoms with Crippen LogP contribution in [0.4, 0.5) is 4.39 Å². The zero-order valence-electron chi connectivity index (χ0n) is 18.3. The van der Waals surface area contributed by atoms with Crippen LogP contribution in [0.25, 0.3) is 11.1 Å². The van der Waals surface area contributed by atoms with Gasteiger partial charge in [0.15, 0.2) is 0 Å². The van der Waals surface area contributed by atoms with Gasteiger partial charge in [-0.3, -0.25) is 4.79 Å². The van der Waals surface area contributed by atoms with Gasteiger partial charge in [-0.1, -0.05) is 54.6 Å². The van der Waals surface area contributed by atoms with Gasteiger partial charge >= 0.3 is 0 Å². The molecule has 5 heteroatoms. The Morgan fingerprint density at radius 2 is 1.62 bits per heavy atom. The number of amides is 1. The molecule has 3 aromatic rings. The average molecular weight is 434 g/mol. The number of para-hydroxylation sites is 1. The molecule has 166 valence electrons. The standard InChI is InChI=1S/C27H28FNO3/c1-31-25-9-5-4-8-24(25)23-7-3-2-6-21(23)18-27(14-16-32-17-15-27)26(30)29-19-20-10-12-22(28)13-11-20/h2-13H,14-19H2,1H3,(H,29,30). The number of methoxy groups -OCH3 is 1. The predicted molar refractivity (Wildman–Crippen MR) is 123 cm³/mol. The zero-order valence-corrected chi connectivity index (χ0v) is 18.3. The van der Waals surface area contributed by atoms with E-state index in [1.807, 2.05) is 36.4 Å². The van der Waals surface area contributed by atoms with Crippen LogP contribution in [0.1, 0.15) is 24.0 Å². The summed E-state index contributed by atoms with van der Waals surface area (Å²) in [6.07, 6.45) is 1.92. The number of ether oxygens (including phenoxy) is 2. The van der Waals surface area contributed by atoms with Crippen LogP contribution in [0.15, 0.2) is 72.8 Å². The summed E-state index contributed by atoms with van der Waals surface area (Å²) in [6, 6.07) is 22.4. The molecule has 4 nitrogen and oxygen atoms in total. The van der Waals surface area contributed by atoms with Crippen molar-refractivity contribution < 1.29 is 18.7 Å². The molecule has 4 rings (SSSR count). The highest BCUT2D eigenvalue weighted by atomic mass is 19.1. The van der Waals surface area contributed by atoms with E-state index in [9.17, 15) is 9.18 Å². The van der Waals surface area contributed by atoms with Crippen LogP contribution in [0.3, 0.4) is 0 Å². The predicted octanol–water partition coefficient (Wildman–Crippen LogP) is 5.16. The van der Waals surface area contributed by atoms with Gasteiger partial charge in [-0.25, -0.2) is 4.39 Å². The van der Waals surface area contributed by atoms with Crippen molar-refractivity contribution in [3.63, 3.8) is 0 Å². The van der Waals surface area contributed by atoms with Gasteiger partial charge in [0, 0.05) is 25.3 Å². The van der Waals surface area contributed by atoms with Crippen LogP contribution in [0, 0.1) is 11.2 Å². The number of nitrogens with one attached hydrogen (secondary N) is 1. The molecule has 0 radical (unpaired) electrons. The van der Waals surface area contributed by atoms with Crippen molar-refractivity contribution >= 4 is 5.91 Å². The van der Waals surface area contributed by atoms with Gasteiger partial charge in [-0.05, 0) is 54.2 Å². The van der Waals surface area contributed by atoms with Crippen LogP contribution >= 0.6 is 0 Å². The van der Waals surface area contributed by atoms with Gasteiger partial charge in [-0.2, -0.15) is 0 Å². The van der Waals surface area contributed by atoms with E-state index in [0.717, 1.165) is 28.0 Å². The van der Waals surface area contributed by atoms with Gasteiger partial charge in [0.05, 0.1) is 12.5 Å². The Labute approximate surface area is 188 Å². The number of benzene rings is 3. The fourth-order valence-electron chi connectivity index (χ4n) is 4.39. The Bertz CT molecular complexity index is 1060. The highest BCUT2D eigenvalue weighted by Gasteiger charge is 2.40. The molecule has 0 unspecified atom stereocenters. The fourth-order valence-corrected chi connectivity index (χ4v) is 4.39. The van der Waals surface area contributed by atoms with Crippen molar-refractivity contribution in [1.29, 1.82) is 0 Å². The molecule has 0 saturated carbocycles. The summed E-state index contributed by atoms with van der Waals surface area (Å²) >= 11 is 0. The lowest BCUT2D eigenvalue weighted by Crippen LogP contribution is -2.46. The maximum Gasteiger partial charge on any atom is 0.226 e. The van der Waals surface area contributed by atoms with Crippen molar-refractivity contribution in [3.05, 3.63) is 89.7 Å². The first-order chi connectivity index (χ1) is 15.6. The van der Waals surface area contributed by atoms with Crippen LogP contribution in [0.5, 0.6) is 5.75 Å². The second-order valence-electron chi connectivity index (χ2n) is 8.24. The number of carbonyl (C=O) groups is 1. The molecule has 0 atom stereocenters. The number of halogens is 1. The van der Waals surface area contributed by atoms with Crippen molar-refractivity contribution in [2.45, 2.75) is 25.8 Å². The Balaban J connectivity index is 1.61. The topological polar surface area (TPSA) is 47.6 Å². The molecule has 1 fully saturated rings. The number of rotatable bonds is 7. The first-order valence-electron chi connectivity index (χ1n) is 10.9. The van der Waals surface area contributed by atoms with Crippen LogP contribution in [-0.4, -0.2) is 26.2 Å². The minimum absolute atomic E-state index is 0.0138. The van der Waals surface area contributed by atoms with E-state index < -0.39 is 5.41 Å². The van der Waals surface area contributed by atoms with Crippen molar-refractivity contribution in [3.8, 4) is 16.9 Å². The van der Waals surface area contributed by atoms with Crippen molar-refractivity contribution in [1.82, 2.24) is 5.32 Å². The van der Waals surface area contributed by atoms with Gasteiger partial charge in [-0.15, -0.1) is 0 Å². The summed E-state index contributed by atoms with van der Waals surface area (Å²) in [7, 11) is 1.67. The van der Waals surface area contributed by atoms with Gasteiger partial charge < -0.3 is 14.8 Å². The summed E-state index contributed by atoms with van der Waals surface area (Å²) in [5.74, 6) is 0.538. The minimum Gasteiger partial charge on any atom is -0.496 e. The lowest BCUT2D eigenvalue weighted by Gasteiger charge is -2.36. The maximum absolute atomic E-state index is 13.5. The molecule has 0 aromatic heterocycles. The molecule has 0 bridgehead atoms. The third kappa shape index (κ3) is 4.83. The molecule has 1 aliphatic rings. The number of hydrogen-bond acceptors (Lipinski definition) is 3. The smallest absolute Gasteiger partial charge is 0.226 e. The molecular formula is C27H28FNO3. The molecule has 0 spiro atoms. The third-order valence-electron chi connectivity index (χ3n) is 6.24. The maximum atomic E-state index is 13.5. The van der Waals surface area contributed by atoms with E-state index in [1.54, 1.807) is 19.2 Å². The highest BCUT2D eigenvalue weighted by molar-refractivity contribution is 5.84. The summed E-state index contributed by atoms with van der Waals surface area (Å²) in [5.41, 5.74) is 3.50.